The number of hydrogen-bond donors (Lipinski definition) is 1. The average molecular weight is 348 g/mol. The summed E-state index contributed by atoms with van der Waals surface area (Å²) in [5.74, 6) is -2.34. The molecule has 6 nitrogen and oxygen atoms in total. The van der Waals surface area contributed by atoms with Crippen molar-refractivity contribution in [2.75, 3.05) is 0 Å². The van der Waals surface area contributed by atoms with Gasteiger partial charge >= 0.3 is 11.9 Å². The number of allylic oxidation sites excluding steroid dienone is 2. The Morgan fingerprint density at radius 1 is 1.44 bits per heavy atom. The third kappa shape index (κ3) is 4.25. The molecule has 1 aliphatic carbocycles. The minimum Gasteiger partial charge on any atom is -0.461 e. The van der Waals surface area contributed by atoms with Crippen LogP contribution in [0.25, 0.3) is 0 Å². The summed E-state index contributed by atoms with van der Waals surface area (Å²) in [5, 5.41) is 10.6. The minimum atomic E-state index is -1.40. The zero-order valence-electron chi connectivity index (χ0n) is 14.9. The SMILES string of the molecule is C=C1C(=O)O[C@@H]2/C=C(/C)C(=O)/C=C\[C@](C)(O)CC(OC(=O)C(C)C)[C@@H]12. The van der Waals surface area contributed by atoms with Crippen LogP contribution < -0.4 is 0 Å². The third-order valence-electron chi connectivity index (χ3n) is 4.41. The number of ketones is 1. The number of hydrogen-bond acceptors (Lipinski definition) is 6. The van der Waals surface area contributed by atoms with Gasteiger partial charge in [-0.2, -0.15) is 0 Å². The molecule has 0 aromatic rings. The Balaban J connectivity index is 2.49. The minimum absolute atomic E-state index is 0.0129. The van der Waals surface area contributed by atoms with Crippen molar-refractivity contribution in [1.29, 1.82) is 0 Å². The van der Waals surface area contributed by atoms with Crippen LogP contribution in [0.4, 0.5) is 0 Å². The molecule has 4 atom stereocenters. The lowest BCUT2D eigenvalue weighted by molar-refractivity contribution is -0.158. The van der Waals surface area contributed by atoms with E-state index in [-0.39, 0.29) is 23.7 Å². The van der Waals surface area contributed by atoms with E-state index in [1.54, 1.807) is 26.8 Å². The van der Waals surface area contributed by atoms with Gasteiger partial charge in [0.25, 0.3) is 0 Å². The predicted molar refractivity (Wildman–Crippen MR) is 90.4 cm³/mol. The molecule has 0 aromatic heterocycles. The van der Waals surface area contributed by atoms with E-state index < -0.39 is 35.7 Å². The van der Waals surface area contributed by atoms with Gasteiger partial charge in [0.1, 0.15) is 12.2 Å². The maximum atomic E-state index is 12.1. The molecule has 1 N–H and O–H groups in total. The first-order valence-electron chi connectivity index (χ1n) is 8.26. The molecule has 0 aromatic carbocycles. The summed E-state index contributed by atoms with van der Waals surface area (Å²) in [4.78, 5) is 36.2. The van der Waals surface area contributed by atoms with Gasteiger partial charge < -0.3 is 14.6 Å². The van der Waals surface area contributed by atoms with Crippen molar-refractivity contribution in [3.8, 4) is 0 Å². The number of aliphatic hydroxyl groups is 1. The number of rotatable bonds is 2. The van der Waals surface area contributed by atoms with Crippen molar-refractivity contribution >= 4 is 17.7 Å². The van der Waals surface area contributed by atoms with Crippen LogP contribution in [0.2, 0.25) is 0 Å². The van der Waals surface area contributed by atoms with Crippen LogP contribution in [0.3, 0.4) is 0 Å². The topological polar surface area (TPSA) is 89.9 Å². The quantitative estimate of drug-likeness (QED) is 0.605. The lowest BCUT2D eigenvalue weighted by Crippen LogP contribution is -2.40. The average Bonchev–Trinajstić information content (AvgIpc) is 2.77. The molecule has 0 spiro atoms. The lowest BCUT2D eigenvalue weighted by Gasteiger charge is -2.32. The van der Waals surface area contributed by atoms with Crippen LogP contribution in [0.5, 0.6) is 0 Å². The Morgan fingerprint density at radius 3 is 2.68 bits per heavy atom. The molecule has 2 aliphatic rings. The van der Waals surface area contributed by atoms with Gasteiger partial charge in [-0.25, -0.2) is 4.79 Å². The van der Waals surface area contributed by atoms with Crippen molar-refractivity contribution in [3.63, 3.8) is 0 Å². The number of carbonyl (C=O) groups is 3. The molecule has 1 aliphatic heterocycles. The van der Waals surface area contributed by atoms with Crippen molar-refractivity contribution in [2.45, 2.75) is 51.9 Å². The fourth-order valence-electron chi connectivity index (χ4n) is 2.90. The second-order valence-corrected chi connectivity index (χ2v) is 7.16. The molecule has 0 amide bonds. The molecule has 2 rings (SSSR count). The number of esters is 2. The summed E-state index contributed by atoms with van der Waals surface area (Å²) in [6.45, 7) is 10.3. The summed E-state index contributed by atoms with van der Waals surface area (Å²) in [6.07, 6.45) is 2.64. The normalized spacial score (nSPS) is 36.3. The van der Waals surface area contributed by atoms with Crippen LogP contribution >= 0.6 is 0 Å². The van der Waals surface area contributed by atoms with E-state index in [0.717, 1.165) is 0 Å². The Bertz CT molecular complexity index is 667. The highest BCUT2D eigenvalue weighted by molar-refractivity contribution is 6.03. The van der Waals surface area contributed by atoms with Crippen LogP contribution in [-0.2, 0) is 23.9 Å². The molecular formula is C19H24O6. The van der Waals surface area contributed by atoms with Gasteiger partial charge in [-0.15, -0.1) is 0 Å². The van der Waals surface area contributed by atoms with E-state index >= 15 is 0 Å². The lowest BCUT2D eigenvalue weighted by atomic mass is 9.82. The smallest absolute Gasteiger partial charge is 0.334 e. The number of carbonyl (C=O) groups excluding carboxylic acids is 3. The molecule has 6 heteroatoms. The molecule has 1 unspecified atom stereocenters. The molecule has 136 valence electrons. The second-order valence-electron chi connectivity index (χ2n) is 7.16. The fourth-order valence-corrected chi connectivity index (χ4v) is 2.90. The Labute approximate surface area is 147 Å². The molecule has 0 bridgehead atoms. The zero-order chi connectivity index (χ0) is 18.9. The van der Waals surface area contributed by atoms with Crippen LogP contribution in [-0.4, -0.2) is 40.6 Å². The maximum Gasteiger partial charge on any atom is 0.334 e. The summed E-state index contributed by atoms with van der Waals surface area (Å²) in [5.41, 5.74) is -0.852. The summed E-state index contributed by atoms with van der Waals surface area (Å²) in [7, 11) is 0. The monoisotopic (exact) mass is 348 g/mol. The first kappa shape index (κ1) is 19.1. The number of ether oxygens (including phenoxy) is 2. The highest BCUT2D eigenvalue weighted by Crippen LogP contribution is 2.37. The van der Waals surface area contributed by atoms with E-state index in [9.17, 15) is 19.5 Å². The first-order chi connectivity index (χ1) is 11.5. The van der Waals surface area contributed by atoms with Crippen LogP contribution in [0, 0.1) is 11.8 Å². The van der Waals surface area contributed by atoms with E-state index in [2.05, 4.69) is 6.58 Å². The predicted octanol–water partition coefficient (Wildman–Crippen LogP) is 1.88. The molecule has 0 saturated carbocycles. The largest absolute Gasteiger partial charge is 0.461 e. The van der Waals surface area contributed by atoms with Gasteiger partial charge in [0.15, 0.2) is 5.78 Å². The van der Waals surface area contributed by atoms with Gasteiger partial charge in [-0.05, 0) is 37.6 Å². The van der Waals surface area contributed by atoms with E-state index in [4.69, 9.17) is 9.47 Å². The van der Waals surface area contributed by atoms with Crippen molar-refractivity contribution in [2.24, 2.45) is 11.8 Å². The Kier molecular flexibility index (Phi) is 5.32. The van der Waals surface area contributed by atoms with Gasteiger partial charge in [0, 0.05) is 12.0 Å². The van der Waals surface area contributed by atoms with Gasteiger partial charge in [-0.3, -0.25) is 9.59 Å². The maximum absolute atomic E-state index is 12.1. The molecular weight excluding hydrogens is 324 g/mol. The van der Waals surface area contributed by atoms with E-state index in [1.165, 1.54) is 19.1 Å². The molecule has 1 heterocycles. The highest BCUT2D eigenvalue weighted by atomic mass is 16.6. The van der Waals surface area contributed by atoms with Crippen molar-refractivity contribution in [1.82, 2.24) is 0 Å². The van der Waals surface area contributed by atoms with Gasteiger partial charge in [0.05, 0.1) is 17.4 Å². The van der Waals surface area contributed by atoms with Crippen molar-refractivity contribution < 1.29 is 29.0 Å². The van der Waals surface area contributed by atoms with Crippen LogP contribution in [0.1, 0.15) is 34.1 Å². The van der Waals surface area contributed by atoms with E-state index in [1.807, 2.05) is 0 Å². The number of fused-ring (bicyclic) bond motifs is 1. The van der Waals surface area contributed by atoms with E-state index in [0.29, 0.717) is 5.57 Å². The molecule has 1 fully saturated rings. The zero-order valence-corrected chi connectivity index (χ0v) is 14.9. The van der Waals surface area contributed by atoms with Gasteiger partial charge in [0.2, 0.25) is 0 Å². The van der Waals surface area contributed by atoms with Gasteiger partial charge in [-0.1, -0.05) is 20.4 Å². The highest BCUT2D eigenvalue weighted by Gasteiger charge is 2.46. The molecule has 25 heavy (non-hydrogen) atoms. The standard InChI is InChI=1S/C19H24O6/c1-10(2)17(21)25-15-9-19(5,23)7-6-13(20)11(3)8-14-16(15)12(4)18(22)24-14/h6-8,10,14-16,23H,4,9H2,1-3,5H3/b7-6-,11-8-/t14-,15?,16+,19+/m1/s1. The summed E-state index contributed by atoms with van der Waals surface area (Å²) < 4.78 is 10.9. The third-order valence-corrected chi connectivity index (χ3v) is 4.41. The van der Waals surface area contributed by atoms with Crippen LogP contribution in [0.15, 0.2) is 36.0 Å². The molecule has 1 saturated heterocycles. The Hall–Kier alpha value is -2.21. The molecule has 0 radical (unpaired) electrons. The Morgan fingerprint density at radius 2 is 2.08 bits per heavy atom. The summed E-state index contributed by atoms with van der Waals surface area (Å²) in [6, 6.07) is 0. The first-order valence-corrected chi connectivity index (χ1v) is 8.26. The second kappa shape index (κ2) is 6.96. The van der Waals surface area contributed by atoms with Crippen molar-refractivity contribution in [3.05, 3.63) is 36.0 Å². The fraction of sp³-hybridized carbons (Fsp3) is 0.526. The summed E-state index contributed by atoms with van der Waals surface area (Å²) >= 11 is 0.